The van der Waals surface area contributed by atoms with Crippen LogP contribution in [0.1, 0.15) is 44.6 Å². The number of methoxy groups -OCH3 is 1. The van der Waals surface area contributed by atoms with Gasteiger partial charge in [-0.2, -0.15) is 0 Å². The molecule has 0 aliphatic carbocycles. The van der Waals surface area contributed by atoms with E-state index in [1.54, 1.807) is 7.11 Å². The summed E-state index contributed by atoms with van der Waals surface area (Å²) in [6.07, 6.45) is 6.54. The van der Waals surface area contributed by atoms with Gasteiger partial charge in [0.05, 0.1) is 13.5 Å². The molecule has 1 N–H and O–H groups in total. The summed E-state index contributed by atoms with van der Waals surface area (Å²) in [6, 6.07) is 7.63. The molecule has 0 saturated carbocycles. The summed E-state index contributed by atoms with van der Waals surface area (Å²) in [4.78, 5) is 11.7. The fourth-order valence-electron chi connectivity index (χ4n) is 1.95. The number of amides is 1. The van der Waals surface area contributed by atoms with Crippen LogP contribution in [0, 0.1) is 0 Å². The number of nitrogens with one attached hydrogen (secondary N) is 1. The molecule has 1 aromatic carbocycles. The van der Waals surface area contributed by atoms with Crippen molar-refractivity contribution in [2.75, 3.05) is 13.7 Å². The van der Waals surface area contributed by atoms with E-state index in [0.717, 1.165) is 24.3 Å². The topological polar surface area (TPSA) is 38.3 Å². The number of carbonyl (C=O) groups is 1. The van der Waals surface area contributed by atoms with E-state index in [-0.39, 0.29) is 5.91 Å². The molecular weight excluding hydrogens is 238 g/mol. The minimum atomic E-state index is 0.0978. The predicted molar refractivity (Wildman–Crippen MR) is 78.5 cm³/mol. The molecule has 0 fully saturated rings. The Labute approximate surface area is 116 Å². The van der Waals surface area contributed by atoms with Crippen molar-refractivity contribution >= 4 is 5.91 Å². The molecule has 0 aliphatic heterocycles. The Kier molecular flexibility index (Phi) is 7.71. The zero-order chi connectivity index (χ0) is 13.9. The number of ether oxygens (including phenoxy) is 1. The highest BCUT2D eigenvalue weighted by atomic mass is 16.5. The van der Waals surface area contributed by atoms with Gasteiger partial charge in [0.2, 0.25) is 5.91 Å². The van der Waals surface area contributed by atoms with E-state index in [9.17, 15) is 4.79 Å². The Morgan fingerprint density at radius 3 is 2.42 bits per heavy atom. The summed E-state index contributed by atoms with van der Waals surface area (Å²) in [7, 11) is 1.64. The summed E-state index contributed by atoms with van der Waals surface area (Å²) < 4.78 is 5.09. The molecule has 3 heteroatoms. The van der Waals surface area contributed by atoms with E-state index < -0.39 is 0 Å². The lowest BCUT2D eigenvalue weighted by Crippen LogP contribution is -2.26. The van der Waals surface area contributed by atoms with E-state index in [0.29, 0.717) is 6.42 Å². The van der Waals surface area contributed by atoms with E-state index in [2.05, 4.69) is 12.2 Å². The highest BCUT2D eigenvalue weighted by molar-refractivity contribution is 5.78. The third kappa shape index (κ3) is 6.85. The van der Waals surface area contributed by atoms with Gasteiger partial charge in [-0.3, -0.25) is 4.79 Å². The van der Waals surface area contributed by atoms with E-state index in [4.69, 9.17) is 4.74 Å². The smallest absolute Gasteiger partial charge is 0.224 e. The van der Waals surface area contributed by atoms with Crippen LogP contribution in [0.15, 0.2) is 24.3 Å². The highest BCUT2D eigenvalue weighted by Gasteiger charge is 2.02. The van der Waals surface area contributed by atoms with Gasteiger partial charge in [-0.1, -0.05) is 44.7 Å². The van der Waals surface area contributed by atoms with Gasteiger partial charge in [-0.25, -0.2) is 0 Å². The SMILES string of the molecule is CCCCCCCNC(=O)Cc1ccc(OC)cc1. The molecule has 1 rings (SSSR count). The fourth-order valence-corrected chi connectivity index (χ4v) is 1.95. The quantitative estimate of drug-likeness (QED) is 0.694. The third-order valence-electron chi connectivity index (χ3n) is 3.13. The second-order valence-electron chi connectivity index (χ2n) is 4.79. The van der Waals surface area contributed by atoms with Gasteiger partial charge >= 0.3 is 0 Å². The Morgan fingerprint density at radius 2 is 1.79 bits per heavy atom. The molecule has 1 amide bonds. The lowest BCUT2D eigenvalue weighted by molar-refractivity contribution is -0.120. The molecule has 0 unspecified atom stereocenters. The molecule has 0 bridgehead atoms. The van der Waals surface area contributed by atoms with Gasteiger partial charge in [0, 0.05) is 6.54 Å². The van der Waals surface area contributed by atoms with Crippen molar-refractivity contribution in [3.63, 3.8) is 0 Å². The number of rotatable bonds is 9. The number of benzene rings is 1. The summed E-state index contributed by atoms with van der Waals surface area (Å²) in [5, 5.41) is 2.97. The van der Waals surface area contributed by atoms with Crippen molar-refractivity contribution in [2.45, 2.75) is 45.4 Å². The minimum Gasteiger partial charge on any atom is -0.497 e. The van der Waals surface area contributed by atoms with Gasteiger partial charge in [-0.05, 0) is 24.1 Å². The standard InChI is InChI=1S/C16H25NO2/c1-3-4-5-6-7-12-17-16(18)13-14-8-10-15(19-2)11-9-14/h8-11H,3-7,12-13H2,1-2H3,(H,17,18). The van der Waals surface area contributed by atoms with Crippen LogP contribution in [0.3, 0.4) is 0 Å². The Balaban J connectivity index is 2.16. The van der Waals surface area contributed by atoms with Crippen molar-refractivity contribution < 1.29 is 9.53 Å². The zero-order valence-electron chi connectivity index (χ0n) is 12.1. The van der Waals surface area contributed by atoms with Crippen LogP contribution >= 0.6 is 0 Å². The maximum atomic E-state index is 11.7. The first-order valence-electron chi connectivity index (χ1n) is 7.16. The number of unbranched alkanes of at least 4 members (excludes halogenated alkanes) is 4. The van der Waals surface area contributed by atoms with Crippen molar-refractivity contribution in [1.29, 1.82) is 0 Å². The summed E-state index contributed by atoms with van der Waals surface area (Å²) in [5.74, 6) is 0.917. The van der Waals surface area contributed by atoms with Crippen LogP contribution in [-0.4, -0.2) is 19.6 Å². The Morgan fingerprint density at radius 1 is 1.11 bits per heavy atom. The molecule has 0 aliphatic rings. The van der Waals surface area contributed by atoms with Crippen molar-refractivity contribution in [2.24, 2.45) is 0 Å². The van der Waals surface area contributed by atoms with E-state index in [1.807, 2.05) is 24.3 Å². The van der Waals surface area contributed by atoms with Gasteiger partial charge in [0.25, 0.3) is 0 Å². The Bertz CT molecular complexity index is 360. The molecule has 1 aromatic rings. The zero-order valence-corrected chi connectivity index (χ0v) is 12.1. The van der Waals surface area contributed by atoms with Crippen molar-refractivity contribution in [1.82, 2.24) is 5.32 Å². The maximum absolute atomic E-state index is 11.7. The normalized spacial score (nSPS) is 10.2. The summed E-state index contributed by atoms with van der Waals surface area (Å²) in [6.45, 7) is 3.00. The predicted octanol–water partition coefficient (Wildman–Crippen LogP) is 3.32. The van der Waals surface area contributed by atoms with Crippen LogP contribution in [0.25, 0.3) is 0 Å². The lowest BCUT2D eigenvalue weighted by atomic mass is 10.1. The summed E-state index contributed by atoms with van der Waals surface area (Å²) in [5.41, 5.74) is 1.02. The van der Waals surface area contributed by atoms with Crippen molar-refractivity contribution in [3.8, 4) is 5.75 Å². The average molecular weight is 263 g/mol. The van der Waals surface area contributed by atoms with Crippen LogP contribution in [0.4, 0.5) is 0 Å². The monoisotopic (exact) mass is 263 g/mol. The molecule has 19 heavy (non-hydrogen) atoms. The summed E-state index contributed by atoms with van der Waals surface area (Å²) >= 11 is 0. The third-order valence-corrected chi connectivity index (χ3v) is 3.13. The molecule has 0 atom stereocenters. The largest absolute Gasteiger partial charge is 0.497 e. The second-order valence-corrected chi connectivity index (χ2v) is 4.79. The molecule has 0 radical (unpaired) electrons. The van der Waals surface area contributed by atoms with Crippen LogP contribution in [0.5, 0.6) is 5.75 Å². The van der Waals surface area contributed by atoms with Gasteiger partial charge in [0.15, 0.2) is 0 Å². The molecule has 0 heterocycles. The highest BCUT2D eigenvalue weighted by Crippen LogP contribution is 2.11. The van der Waals surface area contributed by atoms with Gasteiger partial charge in [-0.15, -0.1) is 0 Å². The van der Waals surface area contributed by atoms with Crippen LogP contribution in [0.2, 0.25) is 0 Å². The van der Waals surface area contributed by atoms with Crippen LogP contribution in [-0.2, 0) is 11.2 Å². The molecule has 0 saturated heterocycles. The van der Waals surface area contributed by atoms with Gasteiger partial charge < -0.3 is 10.1 Å². The first-order chi connectivity index (χ1) is 9.26. The number of hydrogen-bond acceptors (Lipinski definition) is 2. The van der Waals surface area contributed by atoms with Gasteiger partial charge in [0.1, 0.15) is 5.75 Å². The fraction of sp³-hybridized carbons (Fsp3) is 0.562. The first-order valence-corrected chi connectivity index (χ1v) is 7.16. The molecule has 0 aromatic heterocycles. The van der Waals surface area contributed by atoms with Crippen LogP contribution < -0.4 is 10.1 Å². The number of hydrogen-bond donors (Lipinski definition) is 1. The minimum absolute atomic E-state index is 0.0978. The molecule has 0 spiro atoms. The average Bonchev–Trinajstić information content (AvgIpc) is 2.43. The maximum Gasteiger partial charge on any atom is 0.224 e. The van der Waals surface area contributed by atoms with E-state index in [1.165, 1.54) is 25.7 Å². The molecule has 3 nitrogen and oxygen atoms in total. The Hall–Kier alpha value is -1.51. The lowest BCUT2D eigenvalue weighted by Gasteiger charge is -2.06. The second kappa shape index (κ2) is 9.42. The van der Waals surface area contributed by atoms with E-state index >= 15 is 0 Å². The molecular formula is C16H25NO2. The first kappa shape index (κ1) is 15.5. The van der Waals surface area contributed by atoms with Crippen molar-refractivity contribution in [3.05, 3.63) is 29.8 Å². The number of carbonyl (C=O) groups excluding carboxylic acids is 1. The molecule has 106 valence electrons.